The number of methoxy groups -OCH3 is 1. The van der Waals surface area contributed by atoms with Gasteiger partial charge >= 0.3 is 0 Å². The number of H-pyrrole nitrogens is 1. The summed E-state index contributed by atoms with van der Waals surface area (Å²) in [7, 11) is 1.59. The van der Waals surface area contributed by atoms with Gasteiger partial charge in [-0.2, -0.15) is 0 Å². The lowest BCUT2D eigenvalue weighted by Crippen LogP contribution is -2.14. The fourth-order valence-corrected chi connectivity index (χ4v) is 1.97. The molecule has 1 aromatic heterocycles. The molecule has 0 spiro atoms. The van der Waals surface area contributed by atoms with Crippen LogP contribution in [0.3, 0.4) is 0 Å². The highest BCUT2D eigenvalue weighted by atomic mass is 16.5. The number of carbonyl (C=O) groups excluding carboxylic acids is 1. The number of aromatic amines is 1. The lowest BCUT2D eigenvalue weighted by molar-refractivity contribution is 0.112. The summed E-state index contributed by atoms with van der Waals surface area (Å²) in [4.78, 5) is 25.3. The van der Waals surface area contributed by atoms with E-state index in [9.17, 15) is 9.59 Å². The molecule has 0 aliphatic carbocycles. The molecule has 0 fully saturated rings. The Morgan fingerprint density at radius 2 is 2.00 bits per heavy atom. The van der Waals surface area contributed by atoms with Crippen molar-refractivity contribution in [1.82, 2.24) is 4.98 Å². The molecule has 0 unspecified atom stereocenters. The Kier molecular flexibility index (Phi) is 2.71. The number of hydrogen-bond donors (Lipinski definition) is 1. The monoisotopic (exact) mass is 231 g/mol. The quantitative estimate of drug-likeness (QED) is 0.804. The van der Waals surface area contributed by atoms with E-state index in [1.54, 1.807) is 14.0 Å². The van der Waals surface area contributed by atoms with Crippen LogP contribution in [0, 0.1) is 13.8 Å². The lowest BCUT2D eigenvalue weighted by atomic mass is 10.0. The van der Waals surface area contributed by atoms with Crippen molar-refractivity contribution in [2.45, 2.75) is 13.8 Å². The van der Waals surface area contributed by atoms with Gasteiger partial charge in [-0.15, -0.1) is 0 Å². The molecule has 17 heavy (non-hydrogen) atoms. The normalized spacial score (nSPS) is 10.5. The van der Waals surface area contributed by atoms with E-state index in [-0.39, 0.29) is 11.1 Å². The van der Waals surface area contributed by atoms with Crippen LogP contribution in [0.2, 0.25) is 0 Å². The van der Waals surface area contributed by atoms with Crippen molar-refractivity contribution in [3.8, 4) is 5.75 Å². The van der Waals surface area contributed by atoms with E-state index in [0.29, 0.717) is 17.6 Å². The van der Waals surface area contributed by atoms with Gasteiger partial charge in [-0.3, -0.25) is 9.59 Å². The Balaban J connectivity index is 2.97. The van der Waals surface area contributed by atoms with Crippen molar-refractivity contribution in [3.05, 3.63) is 39.2 Å². The van der Waals surface area contributed by atoms with Crippen LogP contribution in [0.15, 0.2) is 16.9 Å². The van der Waals surface area contributed by atoms with Gasteiger partial charge in [0.25, 0.3) is 5.56 Å². The van der Waals surface area contributed by atoms with E-state index in [1.807, 2.05) is 19.1 Å². The largest absolute Gasteiger partial charge is 0.497 e. The molecule has 0 bridgehead atoms. The first-order valence-corrected chi connectivity index (χ1v) is 5.25. The highest BCUT2D eigenvalue weighted by Crippen LogP contribution is 2.25. The molecule has 2 aromatic rings. The number of aromatic nitrogens is 1. The fourth-order valence-electron chi connectivity index (χ4n) is 1.97. The van der Waals surface area contributed by atoms with E-state index >= 15 is 0 Å². The Hall–Kier alpha value is -2.10. The zero-order chi connectivity index (χ0) is 12.6. The molecule has 1 aromatic carbocycles. The summed E-state index contributed by atoms with van der Waals surface area (Å²) in [6, 6.07) is 3.67. The first-order chi connectivity index (χ1) is 8.08. The fraction of sp³-hybridized carbons (Fsp3) is 0.231. The SMILES string of the molecule is COc1cc(C)c2[nH]c(=O)c(C=O)c(C)c2c1. The number of aldehydes is 1. The van der Waals surface area contributed by atoms with E-state index in [2.05, 4.69) is 4.98 Å². The second-order valence-electron chi connectivity index (χ2n) is 3.98. The maximum Gasteiger partial charge on any atom is 0.259 e. The maximum atomic E-state index is 11.7. The van der Waals surface area contributed by atoms with Gasteiger partial charge in [0.1, 0.15) is 5.75 Å². The number of pyridine rings is 1. The molecule has 0 atom stereocenters. The highest BCUT2D eigenvalue weighted by Gasteiger charge is 2.11. The summed E-state index contributed by atoms with van der Waals surface area (Å²) in [6.45, 7) is 3.65. The zero-order valence-corrected chi connectivity index (χ0v) is 9.96. The Labute approximate surface area is 98.2 Å². The van der Waals surface area contributed by atoms with Crippen molar-refractivity contribution < 1.29 is 9.53 Å². The predicted molar refractivity (Wildman–Crippen MR) is 66.0 cm³/mol. The van der Waals surface area contributed by atoms with Gasteiger partial charge in [0, 0.05) is 5.39 Å². The molecule has 0 radical (unpaired) electrons. The number of hydrogen-bond acceptors (Lipinski definition) is 3. The van der Waals surface area contributed by atoms with Gasteiger partial charge in [-0.05, 0) is 37.1 Å². The molecule has 1 heterocycles. The van der Waals surface area contributed by atoms with E-state index in [0.717, 1.165) is 16.5 Å². The summed E-state index contributed by atoms with van der Waals surface area (Å²) in [6.07, 6.45) is 0.586. The van der Waals surface area contributed by atoms with E-state index < -0.39 is 0 Å². The molecule has 0 amide bonds. The van der Waals surface area contributed by atoms with Crippen LogP contribution >= 0.6 is 0 Å². The molecule has 1 N–H and O–H groups in total. The summed E-state index contributed by atoms with van der Waals surface area (Å²) >= 11 is 0. The molecule has 88 valence electrons. The second-order valence-corrected chi connectivity index (χ2v) is 3.98. The standard InChI is InChI=1S/C13H13NO3/c1-7-4-9(17-3)5-10-8(2)11(6-15)13(16)14-12(7)10/h4-6H,1-3H3,(H,14,16). The predicted octanol–water partition coefficient (Wildman–Crippen LogP) is 1.97. The molecule has 4 heteroatoms. The van der Waals surface area contributed by atoms with Gasteiger partial charge in [-0.25, -0.2) is 0 Å². The van der Waals surface area contributed by atoms with Crippen molar-refractivity contribution in [3.63, 3.8) is 0 Å². The maximum absolute atomic E-state index is 11.7. The minimum atomic E-state index is -0.349. The van der Waals surface area contributed by atoms with Crippen LogP contribution in [-0.4, -0.2) is 18.4 Å². The number of rotatable bonds is 2. The number of ether oxygens (including phenoxy) is 1. The molecular weight excluding hydrogens is 218 g/mol. The van der Waals surface area contributed by atoms with Gasteiger partial charge in [0.15, 0.2) is 6.29 Å². The van der Waals surface area contributed by atoms with Crippen LogP contribution in [0.4, 0.5) is 0 Å². The topological polar surface area (TPSA) is 59.2 Å². The van der Waals surface area contributed by atoms with Crippen LogP contribution < -0.4 is 10.3 Å². The third-order valence-electron chi connectivity index (χ3n) is 2.95. The van der Waals surface area contributed by atoms with Crippen molar-refractivity contribution in [1.29, 1.82) is 0 Å². The first-order valence-electron chi connectivity index (χ1n) is 5.25. The summed E-state index contributed by atoms with van der Waals surface area (Å²) in [5, 5.41) is 0.837. The summed E-state index contributed by atoms with van der Waals surface area (Å²) in [5.74, 6) is 0.710. The van der Waals surface area contributed by atoms with E-state index in [4.69, 9.17) is 4.74 Å². The van der Waals surface area contributed by atoms with Crippen LogP contribution in [0.1, 0.15) is 21.5 Å². The Morgan fingerprint density at radius 3 is 2.59 bits per heavy atom. The molecule has 0 saturated carbocycles. The van der Waals surface area contributed by atoms with Crippen LogP contribution in [-0.2, 0) is 0 Å². The summed E-state index contributed by atoms with van der Waals surface area (Å²) in [5.41, 5.74) is 2.17. The molecule has 4 nitrogen and oxygen atoms in total. The molecule has 2 rings (SSSR count). The first kappa shape index (κ1) is 11.4. The third-order valence-corrected chi connectivity index (χ3v) is 2.95. The minimum absolute atomic E-state index is 0.171. The molecular formula is C13H13NO3. The number of nitrogens with one attached hydrogen (secondary N) is 1. The average Bonchev–Trinajstić information content (AvgIpc) is 2.31. The third kappa shape index (κ3) is 1.71. The number of fused-ring (bicyclic) bond motifs is 1. The average molecular weight is 231 g/mol. The van der Waals surface area contributed by atoms with Crippen molar-refractivity contribution in [2.75, 3.05) is 7.11 Å². The number of aryl methyl sites for hydroxylation is 2. The lowest BCUT2D eigenvalue weighted by Gasteiger charge is -2.09. The molecule has 0 saturated heterocycles. The zero-order valence-electron chi connectivity index (χ0n) is 9.96. The molecule has 0 aliphatic heterocycles. The van der Waals surface area contributed by atoms with Crippen molar-refractivity contribution in [2.24, 2.45) is 0 Å². The number of carbonyl (C=O) groups is 1. The summed E-state index contributed by atoms with van der Waals surface area (Å²) < 4.78 is 5.18. The number of benzene rings is 1. The second kappa shape index (κ2) is 4.05. The van der Waals surface area contributed by atoms with Gasteiger partial charge in [0.05, 0.1) is 18.2 Å². The van der Waals surface area contributed by atoms with Gasteiger partial charge < -0.3 is 9.72 Å². The van der Waals surface area contributed by atoms with Crippen LogP contribution in [0.25, 0.3) is 10.9 Å². The van der Waals surface area contributed by atoms with Crippen LogP contribution in [0.5, 0.6) is 5.75 Å². The minimum Gasteiger partial charge on any atom is -0.497 e. The van der Waals surface area contributed by atoms with E-state index in [1.165, 1.54) is 0 Å². The molecule has 0 aliphatic rings. The van der Waals surface area contributed by atoms with Gasteiger partial charge in [-0.1, -0.05) is 0 Å². The smallest absolute Gasteiger partial charge is 0.259 e. The Bertz CT molecular complexity index is 656. The highest BCUT2D eigenvalue weighted by molar-refractivity contribution is 5.92. The van der Waals surface area contributed by atoms with Crippen molar-refractivity contribution >= 4 is 17.2 Å². The Morgan fingerprint density at radius 1 is 1.29 bits per heavy atom. The van der Waals surface area contributed by atoms with Gasteiger partial charge in [0.2, 0.25) is 0 Å².